The lowest BCUT2D eigenvalue weighted by atomic mass is 10.1. The second kappa shape index (κ2) is 8.07. The smallest absolute Gasteiger partial charge is 0.274 e. The summed E-state index contributed by atoms with van der Waals surface area (Å²) in [6.45, 7) is 2.98. The predicted octanol–water partition coefficient (Wildman–Crippen LogP) is 3.95. The molecule has 2 aliphatic rings. The van der Waals surface area contributed by atoms with Crippen LogP contribution in [0.25, 0.3) is 15.4 Å². The molecule has 0 unspecified atom stereocenters. The van der Waals surface area contributed by atoms with Crippen LogP contribution in [-0.2, 0) is 0 Å². The van der Waals surface area contributed by atoms with Gasteiger partial charge in [-0.05, 0) is 42.9 Å². The number of imidazole rings is 1. The second-order valence-electron chi connectivity index (χ2n) is 8.73. The van der Waals surface area contributed by atoms with Crippen molar-refractivity contribution >= 4 is 56.2 Å². The van der Waals surface area contributed by atoms with Gasteiger partial charge < -0.3 is 16.0 Å². The Hall–Kier alpha value is -2.95. The van der Waals surface area contributed by atoms with Gasteiger partial charge in [-0.1, -0.05) is 46.4 Å². The van der Waals surface area contributed by atoms with E-state index in [0.29, 0.717) is 50.5 Å². The summed E-state index contributed by atoms with van der Waals surface area (Å²) >= 11 is 8.82. The van der Waals surface area contributed by atoms with E-state index in [1.807, 2.05) is 40.6 Å². The van der Waals surface area contributed by atoms with E-state index >= 15 is 0 Å². The van der Waals surface area contributed by atoms with Gasteiger partial charge in [0.05, 0.1) is 10.9 Å². The number of carbonyl (C=O) groups excluding carboxylic acids is 2. The fourth-order valence-electron chi connectivity index (χ4n) is 4.89. The third-order valence-electron chi connectivity index (χ3n) is 6.67. The van der Waals surface area contributed by atoms with Gasteiger partial charge in [-0.15, -0.1) is 0 Å². The SMILES string of the molecule is Cc1c(C(=O)NC[C@@H]2[C@@H]3C[C@@H]3CN2C(=O)c2nc(N)sc2-c2cccc(Cl)c2)sc2nccn12. The quantitative estimate of drug-likeness (QED) is 0.421. The number of benzene rings is 1. The van der Waals surface area contributed by atoms with Gasteiger partial charge in [-0.25, -0.2) is 9.97 Å². The average Bonchev–Trinajstić information content (AvgIpc) is 3.18. The first-order chi connectivity index (χ1) is 16.4. The number of hydrogen-bond donors (Lipinski definition) is 2. The van der Waals surface area contributed by atoms with Crippen molar-refractivity contribution in [2.75, 3.05) is 18.8 Å². The van der Waals surface area contributed by atoms with Crippen LogP contribution in [0.15, 0.2) is 36.7 Å². The highest BCUT2D eigenvalue weighted by atomic mass is 35.5. The van der Waals surface area contributed by atoms with E-state index in [2.05, 4.69) is 15.3 Å². The first-order valence-corrected chi connectivity index (χ1v) is 13.0. The summed E-state index contributed by atoms with van der Waals surface area (Å²) in [7, 11) is 0. The highest BCUT2D eigenvalue weighted by Crippen LogP contribution is 2.50. The Morgan fingerprint density at radius 3 is 2.97 bits per heavy atom. The maximum absolute atomic E-state index is 13.6. The Balaban J connectivity index is 1.23. The molecule has 34 heavy (non-hydrogen) atoms. The number of aryl methyl sites for hydroxylation is 1. The third-order valence-corrected chi connectivity index (χ3v) is 9.00. The standard InChI is InChI=1S/C23H21ClN6O2S2/c1-11-18(34-23-26-5-6-29(11)23)20(31)27-9-16-15-8-13(15)10-30(16)21(32)17-19(33-22(25)28-17)12-3-2-4-14(24)7-12/h2-7,13,15-16H,8-10H2,1H3,(H2,25,28)(H,27,31)/t13-,15-,16-/m1/s1. The zero-order chi connectivity index (χ0) is 23.6. The lowest BCUT2D eigenvalue weighted by molar-refractivity contribution is 0.0691. The molecule has 2 fully saturated rings. The number of nitrogen functional groups attached to an aromatic ring is 1. The van der Waals surface area contributed by atoms with Crippen LogP contribution in [0.4, 0.5) is 5.13 Å². The van der Waals surface area contributed by atoms with Crippen LogP contribution in [0.1, 0.15) is 32.3 Å². The Morgan fingerprint density at radius 1 is 1.32 bits per heavy atom. The zero-order valence-electron chi connectivity index (χ0n) is 18.2. The van der Waals surface area contributed by atoms with Crippen LogP contribution >= 0.6 is 34.3 Å². The van der Waals surface area contributed by atoms with Gasteiger partial charge in [0, 0.05) is 36.2 Å². The van der Waals surface area contributed by atoms with Gasteiger partial charge in [-0.3, -0.25) is 14.0 Å². The molecule has 2 amide bonds. The molecule has 4 aromatic rings. The molecule has 1 aliphatic heterocycles. The normalized spacial score (nSPS) is 21.1. The summed E-state index contributed by atoms with van der Waals surface area (Å²) in [6.07, 6.45) is 4.65. The number of likely N-dealkylation sites (tertiary alicyclic amines) is 1. The molecule has 174 valence electrons. The fraction of sp³-hybridized carbons (Fsp3) is 0.304. The number of hydrogen-bond acceptors (Lipinski definition) is 7. The molecule has 11 heteroatoms. The Labute approximate surface area is 208 Å². The Morgan fingerprint density at radius 2 is 2.18 bits per heavy atom. The molecule has 0 spiro atoms. The molecule has 1 saturated heterocycles. The summed E-state index contributed by atoms with van der Waals surface area (Å²) in [5.41, 5.74) is 8.03. The number of thiazole rings is 2. The molecular weight excluding hydrogens is 492 g/mol. The number of aromatic nitrogens is 3. The van der Waals surface area contributed by atoms with Crippen molar-refractivity contribution in [3.8, 4) is 10.4 Å². The van der Waals surface area contributed by atoms with Gasteiger partial charge in [0.25, 0.3) is 11.8 Å². The van der Waals surface area contributed by atoms with Crippen LogP contribution in [-0.4, -0.2) is 50.2 Å². The summed E-state index contributed by atoms with van der Waals surface area (Å²) in [4.78, 5) is 39.2. The number of anilines is 1. The summed E-state index contributed by atoms with van der Waals surface area (Å²) in [5, 5.41) is 3.99. The number of rotatable bonds is 5. The van der Waals surface area contributed by atoms with Crippen molar-refractivity contribution in [2.45, 2.75) is 19.4 Å². The molecule has 4 heterocycles. The Kier molecular flexibility index (Phi) is 5.12. The van der Waals surface area contributed by atoms with E-state index in [9.17, 15) is 9.59 Å². The maximum atomic E-state index is 13.6. The van der Waals surface area contributed by atoms with Crippen LogP contribution in [0, 0.1) is 18.8 Å². The van der Waals surface area contributed by atoms with Crippen molar-refractivity contribution in [3.63, 3.8) is 0 Å². The number of piperidine rings is 1. The molecule has 3 aromatic heterocycles. The van der Waals surface area contributed by atoms with Crippen LogP contribution < -0.4 is 11.1 Å². The monoisotopic (exact) mass is 512 g/mol. The molecule has 3 N–H and O–H groups in total. The van der Waals surface area contributed by atoms with E-state index in [4.69, 9.17) is 17.3 Å². The largest absolute Gasteiger partial charge is 0.375 e. The van der Waals surface area contributed by atoms with Crippen LogP contribution in [0.3, 0.4) is 0 Å². The minimum Gasteiger partial charge on any atom is -0.375 e. The highest BCUT2D eigenvalue weighted by Gasteiger charge is 2.54. The van der Waals surface area contributed by atoms with Crippen molar-refractivity contribution in [3.05, 3.63) is 57.9 Å². The first-order valence-electron chi connectivity index (χ1n) is 10.9. The van der Waals surface area contributed by atoms with Crippen LogP contribution in [0.2, 0.25) is 5.02 Å². The zero-order valence-corrected chi connectivity index (χ0v) is 20.6. The number of amides is 2. The average molecular weight is 513 g/mol. The van der Waals surface area contributed by atoms with Gasteiger partial charge in [0.15, 0.2) is 10.1 Å². The predicted molar refractivity (Wildman–Crippen MR) is 134 cm³/mol. The van der Waals surface area contributed by atoms with E-state index in [1.54, 1.807) is 12.3 Å². The number of carbonyl (C=O) groups is 2. The lowest BCUT2D eigenvalue weighted by Gasteiger charge is -2.27. The molecule has 0 radical (unpaired) electrons. The summed E-state index contributed by atoms with van der Waals surface area (Å²) in [6, 6.07) is 7.27. The van der Waals surface area contributed by atoms with Crippen molar-refractivity contribution in [1.29, 1.82) is 0 Å². The number of halogens is 1. The molecule has 8 nitrogen and oxygen atoms in total. The Bertz CT molecular complexity index is 1440. The minimum atomic E-state index is -0.153. The number of fused-ring (bicyclic) bond motifs is 2. The second-order valence-corrected chi connectivity index (χ2v) is 11.2. The summed E-state index contributed by atoms with van der Waals surface area (Å²) < 4.78 is 1.91. The molecule has 6 rings (SSSR count). The maximum Gasteiger partial charge on any atom is 0.274 e. The first kappa shape index (κ1) is 21.6. The van der Waals surface area contributed by atoms with Crippen molar-refractivity contribution in [1.82, 2.24) is 24.6 Å². The van der Waals surface area contributed by atoms with Gasteiger partial charge in [-0.2, -0.15) is 0 Å². The number of nitrogens with one attached hydrogen (secondary N) is 1. The van der Waals surface area contributed by atoms with Crippen LogP contribution in [0.5, 0.6) is 0 Å². The van der Waals surface area contributed by atoms with E-state index in [1.165, 1.54) is 22.7 Å². The summed E-state index contributed by atoms with van der Waals surface area (Å²) in [5.74, 6) is 0.585. The fourth-order valence-corrected chi connectivity index (χ4v) is 6.91. The number of nitrogens with zero attached hydrogens (tertiary/aromatic N) is 4. The van der Waals surface area contributed by atoms with Gasteiger partial charge in [0.1, 0.15) is 10.6 Å². The molecule has 3 atom stereocenters. The van der Waals surface area contributed by atoms with E-state index < -0.39 is 0 Å². The van der Waals surface area contributed by atoms with E-state index in [0.717, 1.165) is 22.6 Å². The van der Waals surface area contributed by atoms with Gasteiger partial charge in [0.2, 0.25) is 0 Å². The number of nitrogens with two attached hydrogens (primary N) is 1. The molecular formula is C23H21ClN6O2S2. The third kappa shape index (κ3) is 3.57. The van der Waals surface area contributed by atoms with Crippen molar-refractivity contribution in [2.24, 2.45) is 11.8 Å². The molecule has 1 saturated carbocycles. The lowest BCUT2D eigenvalue weighted by Crippen LogP contribution is -2.45. The molecule has 1 aromatic carbocycles. The molecule has 1 aliphatic carbocycles. The minimum absolute atomic E-state index is 0.0686. The van der Waals surface area contributed by atoms with Gasteiger partial charge >= 0.3 is 0 Å². The van der Waals surface area contributed by atoms with Crippen molar-refractivity contribution < 1.29 is 9.59 Å². The molecule has 0 bridgehead atoms. The topological polar surface area (TPSA) is 106 Å². The highest BCUT2D eigenvalue weighted by molar-refractivity contribution is 7.19. The van der Waals surface area contributed by atoms with E-state index in [-0.39, 0.29) is 17.9 Å².